The number of hydrogen-bond donors (Lipinski definition) is 0. The molecule has 0 N–H and O–H groups in total. The highest BCUT2D eigenvalue weighted by atomic mass is 79.9. The lowest BCUT2D eigenvalue weighted by Crippen LogP contribution is -1.91. The summed E-state index contributed by atoms with van der Waals surface area (Å²) < 4.78 is 2.36. The molecular formula is C13H11Br3S. The smallest absolute Gasteiger partial charge is 0.0749 e. The Bertz CT molecular complexity index is 526. The maximum Gasteiger partial charge on any atom is 0.0749 e. The van der Waals surface area contributed by atoms with Crippen molar-refractivity contribution in [3.05, 3.63) is 54.1 Å². The lowest BCUT2D eigenvalue weighted by molar-refractivity contribution is 1.19. The molecule has 0 aliphatic rings. The number of rotatable bonds is 2. The zero-order valence-corrected chi connectivity index (χ0v) is 15.0. The fourth-order valence-electron chi connectivity index (χ4n) is 1.60. The minimum atomic E-state index is 0.243. The largest absolute Gasteiger partial charge is 0.131 e. The van der Waals surface area contributed by atoms with Crippen LogP contribution in [0.2, 0.25) is 0 Å². The van der Waals surface area contributed by atoms with E-state index < -0.39 is 0 Å². The van der Waals surface area contributed by atoms with E-state index in [1.807, 2.05) is 0 Å². The minimum absolute atomic E-state index is 0.243. The van der Waals surface area contributed by atoms with Gasteiger partial charge in [0.2, 0.25) is 0 Å². The molecule has 0 radical (unpaired) electrons. The number of halogens is 3. The molecule has 0 fully saturated rings. The van der Waals surface area contributed by atoms with Gasteiger partial charge in [0.25, 0.3) is 0 Å². The molecule has 0 amide bonds. The molecule has 1 atom stereocenters. The van der Waals surface area contributed by atoms with E-state index in [2.05, 4.69) is 85.9 Å². The van der Waals surface area contributed by atoms with Crippen LogP contribution < -0.4 is 0 Å². The first-order valence-corrected chi connectivity index (χ1v) is 8.47. The van der Waals surface area contributed by atoms with Crippen LogP contribution in [0.3, 0.4) is 0 Å². The summed E-state index contributed by atoms with van der Waals surface area (Å²) in [6.07, 6.45) is 0. The molecule has 0 aliphatic heterocycles. The van der Waals surface area contributed by atoms with E-state index in [0.29, 0.717) is 0 Å². The SMILES string of the molecule is Cc1ccc(C(Br)c2cc(C)c(Br)s2)c(Br)c1. The predicted octanol–water partition coefficient (Wildman–Crippen LogP) is 6.37. The number of thiophene rings is 1. The molecule has 0 bridgehead atoms. The van der Waals surface area contributed by atoms with E-state index in [0.717, 1.165) is 4.47 Å². The Balaban J connectivity index is 2.39. The molecule has 1 unspecified atom stereocenters. The third kappa shape index (κ3) is 3.03. The van der Waals surface area contributed by atoms with Crippen molar-refractivity contribution < 1.29 is 0 Å². The Kier molecular flexibility index (Phi) is 4.50. The van der Waals surface area contributed by atoms with Gasteiger partial charge < -0.3 is 0 Å². The zero-order chi connectivity index (χ0) is 12.6. The molecule has 4 heteroatoms. The average Bonchev–Trinajstić information content (AvgIpc) is 2.58. The normalized spacial score (nSPS) is 12.8. The molecule has 2 rings (SSSR count). The second-order valence-electron chi connectivity index (χ2n) is 3.99. The maximum atomic E-state index is 3.78. The average molecular weight is 439 g/mol. The summed E-state index contributed by atoms with van der Waals surface area (Å²) in [6, 6.07) is 8.69. The van der Waals surface area contributed by atoms with Gasteiger partial charge in [-0.2, -0.15) is 0 Å². The van der Waals surface area contributed by atoms with Gasteiger partial charge >= 0.3 is 0 Å². The monoisotopic (exact) mass is 436 g/mol. The van der Waals surface area contributed by atoms with Crippen LogP contribution in [0.25, 0.3) is 0 Å². The van der Waals surface area contributed by atoms with E-state index in [9.17, 15) is 0 Å². The molecule has 0 aliphatic carbocycles. The molecule has 1 heterocycles. The van der Waals surface area contributed by atoms with Crippen molar-refractivity contribution in [3.8, 4) is 0 Å². The minimum Gasteiger partial charge on any atom is -0.131 e. The van der Waals surface area contributed by atoms with Crippen LogP contribution in [0.4, 0.5) is 0 Å². The first kappa shape index (κ1) is 13.8. The van der Waals surface area contributed by atoms with Crippen LogP contribution in [0.5, 0.6) is 0 Å². The molecule has 1 aromatic heterocycles. The van der Waals surface area contributed by atoms with Crippen LogP contribution in [-0.4, -0.2) is 0 Å². The van der Waals surface area contributed by atoms with Crippen LogP contribution in [0.1, 0.15) is 26.4 Å². The molecule has 0 saturated heterocycles. The molecule has 0 spiro atoms. The summed E-state index contributed by atoms with van der Waals surface area (Å²) in [4.78, 5) is 1.56. The number of hydrogen-bond acceptors (Lipinski definition) is 1. The molecule has 1 aromatic carbocycles. The Morgan fingerprint density at radius 2 is 1.82 bits per heavy atom. The summed E-state index contributed by atoms with van der Waals surface area (Å²) in [5.74, 6) is 0. The fraction of sp³-hybridized carbons (Fsp3) is 0.231. The first-order valence-electron chi connectivity index (χ1n) is 5.15. The topological polar surface area (TPSA) is 0 Å². The molecule has 2 aromatic rings. The van der Waals surface area contributed by atoms with Crippen molar-refractivity contribution in [2.75, 3.05) is 0 Å². The van der Waals surface area contributed by atoms with Crippen molar-refractivity contribution in [2.24, 2.45) is 0 Å². The summed E-state index contributed by atoms with van der Waals surface area (Å²) in [5, 5.41) is 0. The van der Waals surface area contributed by atoms with E-state index in [1.165, 1.54) is 25.4 Å². The second-order valence-corrected chi connectivity index (χ2v) is 8.16. The summed E-state index contributed by atoms with van der Waals surface area (Å²) in [6.45, 7) is 4.22. The van der Waals surface area contributed by atoms with E-state index >= 15 is 0 Å². The molecule has 0 saturated carbocycles. The summed E-state index contributed by atoms with van der Waals surface area (Å²) in [5.41, 5.74) is 3.82. The van der Waals surface area contributed by atoms with Crippen LogP contribution in [0.15, 0.2) is 32.5 Å². The Hall–Kier alpha value is 0.360. The maximum absolute atomic E-state index is 3.78. The summed E-state index contributed by atoms with van der Waals surface area (Å²) >= 11 is 12.8. The Labute approximate surface area is 131 Å². The highest BCUT2D eigenvalue weighted by Gasteiger charge is 2.16. The van der Waals surface area contributed by atoms with Gasteiger partial charge in [0, 0.05) is 9.35 Å². The van der Waals surface area contributed by atoms with Gasteiger partial charge in [-0.15, -0.1) is 11.3 Å². The van der Waals surface area contributed by atoms with Crippen molar-refractivity contribution in [3.63, 3.8) is 0 Å². The van der Waals surface area contributed by atoms with Gasteiger partial charge in [-0.1, -0.05) is 44.0 Å². The van der Waals surface area contributed by atoms with Crippen LogP contribution in [-0.2, 0) is 0 Å². The molecule has 17 heavy (non-hydrogen) atoms. The van der Waals surface area contributed by atoms with Gasteiger partial charge in [0.05, 0.1) is 8.61 Å². The van der Waals surface area contributed by atoms with Crippen molar-refractivity contribution >= 4 is 59.1 Å². The van der Waals surface area contributed by atoms with Crippen molar-refractivity contribution in [1.29, 1.82) is 0 Å². The van der Waals surface area contributed by atoms with Gasteiger partial charge in [0.1, 0.15) is 0 Å². The van der Waals surface area contributed by atoms with E-state index in [-0.39, 0.29) is 4.83 Å². The third-order valence-electron chi connectivity index (χ3n) is 2.56. The third-order valence-corrected chi connectivity index (χ3v) is 6.73. The highest BCUT2D eigenvalue weighted by molar-refractivity contribution is 9.11. The predicted molar refractivity (Wildman–Crippen MR) is 86.4 cm³/mol. The summed E-state index contributed by atoms with van der Waals surface area (Å²) in [7, 11) is 0. The van der Waals surface area contributed by atoms with Gasteiger partial charge in [-0.05, 0) is 58.6 Å². The molecule has 0 nitrogen and oxygen atoms in total. The number of aryl methyl sites for hydroxylation is 2. The van der Waals surface area contributed by atoms with Gasteiger partial charge in [-0.25, -0.2) is 0 Å². The quantitative estimate of drug-likeness (QED) is 0.477. The lowest BCUT2D eigenvalue weighted by atomic mass is 10.1. The van der Waals surface area contributed by atoms with Crippen molar-refractivity contribution in [1.82, 2.24) is 0 Å². The first-order chi connectivity index (χ1) is 7.99. The standard InChI is InChI=1S/C13H11Br3S/c1-7-3-4-9(10(14)5-7)12(15)11-6-8(2)13(16)17-11/h3-6,12H,1-2H3. The lowest BCUT2D eigenvalue weighted by Gasteiger charge is -2.11. The number of benzene rings is 1. The fourth-order valence-corrected chi connectivity index (χ4v) is 5.01. The van der Waals surface area contributed by atoms with Crippen LogP contribution >= 0.6 is 59.1 Å². The number of alkyl halides is 1. The zero-order valence-electron chi connectivity index (χ0n) is 9.43. The molecule has 90 valence electrons. The van der Waals surface area contributed by atoms with Gasteiger partial charge in [0.15, 0.2) is 0 Å². The highest BCUT2D eigenvalue weighted by Crippen LogP contribution is 2.41. The Morgan fingerprint density at radius 3 is 2.35 bits per heavy atom. The molecular weight excluding hydrogens is 428 g/mol. The van der Waals surface area contributed by atoms with E-state index in [4.69, 9.17) is 0 Å². The second kappa shape index (κ2) is 5.55. The Morgan fingerprint density at radius 1 is 1.12 bits per heavy atom. The van der Waals surface area contributed by atoms with Crippen molar-refractivity contribution in [2.45, 2.75) is 18.7 Å². The van der Waals surface area contributed by atoms with Crippen LogP contribution in [0, 0.1) is 13.8 Å². The van der Waals surface area contributed by atoms with E-state index in [1.54, 1.807) is 11.3 Å². The van der Waals surface area contributed by atoms with Gasteiger partial charge in [-0.3, -0.25) is 0 Å².